The molecule has 0 spiro atoms. The second kappa shape index (κ2) is 5.83. The molecule has 110 valence electrons. The van der Waals surface area contributed by atoms with E-state index in [1.54, 1.807) is 19.1 Å². The predicted molar refractivity (Wildman–Crippen MR) is 76.5 cm³/mol. The first-order valence-corrected chi connectivity index (χ1v) is 8.33. The lowest BCUT2D eigenvalue weighted by Crippen LogP contribution is -2.38. The molecule has 1 amide bonds. The number of nitrogens with zero attached hydrogens (tertiary/aromatic N) is 1. The monoisotopic (exact) mass is 297 g/mol. The molecule has 0 aromatic heterocycles. The van der Waals surface area contributed by atoms with Crippen LogP contribution in [0.4, 0.5) is 0 Å². The standard InChI is InChI=1S/C14H19NO4S/c1-15(12-7-8-20(17,18)10-12)14(16)9-11-5-3-4-6-13(11)19-2/h3-6,12H,7-10H2,1-2H3. The summed E-state index contributed by atoms with van der Waals surface area (Å²) in [7, 11) is 0.258. The van der Waals surface area contributed by atoms with E-state index in [0.717, 1.165) is 5.56 Å². The Labute approximate surface area is 119 Å². The van der Waals surface area contributed by atoms with Crippen molar-refractivity contribution in [1.29, 1.82) is 0 Å². The summed E-state index contributed by atoms with van der Waals surface area (Å²) in [5.74, 6) is 0.829. The summed E-state index contributed by atoms with van der Waals surface area (Å²) >= 11 is 0. The van der Waals surface area contributed by atoms with Crippen LogP contribution >= 0.6 is 0 Å². The second-order valence-electron chi connectivity index (χ2n) is 5.05. The SMILES string of the molecule is COc1ccccc1CC(=O)N(C)C1CCS(=O)(=O)C1. The van der Waals surface area contributed by atoms with Crippen LogP contribution in [0, 0.1) is 0 Å². The maximum absolute atomic E-state index is 12.3. The molecule has 1 aromatic rings. The fourth-order valence-electron chi connectivity index (χ4n) is 2.42. The number of sulfone groups is 1. The van der Waals surface area contributed by atoms with E-state index in [0.29, 0.717) is 12.2 Å². The van der Waals surface area contributed by atoms with Crippen LogP contribution in [0.25, 0.3) is 0 Å². The van der Waals surface area contributed by atoms with E-state index in [2.05, 4.69) is 0 Å². The smallest absolute Gasteiger partial charge is 0.227 e. The van der Waals surface area contributed by atoms with Crippen molar-refractivity contribution in [1.82, 2.24) is 4.90 Å². The normalized spacial score (nSPS) is 20.6. The number of hydrogen-bond donors (Lipinski definition) is 0. The number of para-hydroxylation sites is 1. The highest BCUT2D eigenvalue weighted by Gasteiger charge is 2.32. The molecule has 1 aliphatic heterocycles. The maximum atomic E-state index is 12.3. The van der Waals surface area contributed by atoms with Gasteiger partial charge in [-0.3, -0.25) is 4.79 Å². The minimum Gasteiger partial charge on any atom is -0.496 e. The molecular formula is C14H19NO4S. The van der Waals surface area contributed by atoms with Gasteiger partial charge in [-0.2, -0.15) is 0 Å². The summed E-state index contributed by atoms with van der Waals surface area (Å²) in [6.45, 7) is 0. The lowest BCUT2D eigenvalue weighted by atomic mass is 10.1. The first-order valence-electron chi connectivity index (χ1n) is 6.51. The number of carbonyl (C=O) groups excluding carboxylic acids is 1. The molecule has 1 heterocycles. The number of benzene rings is 1. The van der Waals surface area contributed by atoms with Gasteiger partial charge in [0.2, 0.25) is 5.91 Å². The predicted octanol–water partition coefficient (Wildman–Crippen LogP) is 0.883. The molecule has 1 atom stereocenters. The molecule has 2 rings (SSSR count). The Morgan fingerprint density at radius 3 is 2.70 bits per heavy atom. The minimum absolute atomic E-state index is 0.0706. The van der Waals surface area contributed by atoms with Gasteiger partial charge in [-0.05, 0) is 12.5 Å². The fourth-order valence-corrected chi connectivity index (χ4v) is 4.20. The Kier molecular flexibility index (Phi) is 4.32. The van der Waals surface area contributed by atoms with Crippen LogP contribution < -0.4 is 4.74 Å². The van der Waals surface area contributed by atoms with Gasteiger partial charge in [0, 0.05) is 18.7 Å². The Morgan fingerprint density at radius 1 is 1.40 bits per heavy atom. The first kappa shape index (κ1) is 14.8. The molecule has 6 heteroatoms. The lowest BCUT2D eigenvalue weighted by molar-refractivity contribution is -0.130. The van der Waals surface area contributed by atoms with Gasteiger partial charge in [0.05, 0.1) is 25.0 Å². The lowest BCUT2D eigenvalue weighted by Gasteiger charge is -2.23. The number of methoxy groups -OCH3 is 1. The molecule has 1 fully saturated rings. The van der Waals surface area contributed by atoms with Gasteiger partial charge < -0.3 is 9.64 Å². The third-order valence-corrected chi connectivity index (χ3v) is 5.43. The third-order valence-electron chi connectivity index (χ3n) is 3.68. The first-order chi connectivity index (χ1) is 9.43. The van der Waals surface area contributed by atoms with E-state index < -0.39 is 9.84 Å². The highest BCUT2D eigenvalue weighted by atomic mass is 32.2. The summed E-state index contributed by atoms with van der Waals surface area (Å²) in [6.07, 6.45) is 0.744. The quantitative estimate of drug-likeness (QED) is 0.828. The van der Waals surface area contributed by atoms with Crippen molar-refractivity contribution in [3.05, 3.63) is 29.8 Å². The molecule has 0 aliphatic carbocycles. The molecule has 1 saturated heterocycles. The Bertz CT molecular complexity index is 597. The van der Waals surface area contributed by atoms with Gasteiger partial charge in [0.15, 0.2) is 9.84 Å². The summed E-state index contributed by atoms with van der Waals surface area (Å²) in [5, 5.41) is 0. The summed E-state index contributed by atoms with van der Waals surface area (Å²) in [6, 6.07) is 7.14. The molecule has 5 nitrogen and oxygen atoms in total. The maximum Gasteiger partial charge on any atom is 0.227 e. The number of carbonyl (C=O) groups is 1. The summed E-state index contributed by atoms with van der Waals surface area (Å²) < 4.78 is 28.2. The number of rotatable bonds is 4. The van der Waals surface area contributed by atoms with Crippen LogP contribution in [0.5, 0.6) is 5.75 Å². The van der Waals surface area contributed by atoms with Gasteiger partial charge >= 0.3 is 0 Å². The second-order valence-corrected chi connectivity index (χ2v) is 7.28. The number of likely N-dealkylation sites (N-methyl/N-ethyl adjacent to an activating group) is 1. The van der Waals surface area contributed by atoms with Crippen LogP contribution in [0.3, 0.4) is 0 Å². The van der Waals surface area contributed by atoms with Crippen LogP contribution in [0.15, 0.2) is 24.3 Å². The van der Waals surface area contributed by atoms with Gasteiger partial charge in [-0.1, -0.05) is 18.2 Å². The van der Waals surface area contributed by atoms with Gasteiger partial charge in [-0.25, -0.2) is 8.42 Å². The molecule has 1 aromatic carbocycles. The van der Waals surface area contributed by atoms with Crippen LogP contribution in [0.2, 0.25) is 0 Å². The van der Waals surface area contributed by atoms with Crippen LogP contribution in [-0.2, 0) is 21.1 Å². The minimum atomic E-state index is -2.98. The van der Waals surface area contributed by atoms with E-state index >= 15 is 0 Å². The number of amides is 1. The highest BCUT2D eigenvalue weighted by Crippen LogP contribution is 2.21. The van der Waals surface area contributed by atoms with Gasteiger partial charge in [0.1, 0.15) is 5.75 Å². The zero-order valence-corrected chi connectivity index (χ0v) is 12.5. The Balaban J connectivity index is 2.05. The Morgan fingerprint density at radius 2 is 2.10 bits per heavy atom. The molecule has 0 radical (unpaired) electrons. The zero-order valence-electron chi connectivity index (χ0n) is 11.7. The van der Waals surface area contributed by atoms with Crippen molar-refractivity contribution in [3.8, 4) is 5.75 Å². The molecule has 0 bridgehead atoms. The molecule has 0 saturated carbocycles. The average Bonchev–Trinajstić information content (AvgIpc) is 2.78. The molecule has 0 N–H and O–H groups in total. The van der Waals surface area contributed by atoms with Crippen LogP contribution in [-0.4, -0.2) is 50.9 Å². The Hall–Kier alpha value is -1.56. The van der Waals surface area contributed by atoms with E-state index in [4.69, 9.17) is 4.74 Å². The van der Waals surface area contributed by atoms with E-state index in [1.807, 2.05) is 24.3 Å². The van der Waals surface area contributed by atoms with Gasteiger partial charge in [0.25, 0.3) is 0 Å². The van der Waals surface area contributed by atoms with Crippen molar-refractivity contribution < 1.29 is 17.9 Å². The highest BCUT2D eigenvalue weighted by molar-refractivity contribution is 7.91. The topological polar surface area (TPSA) is 63.7 Å². The van der Waals surface area contributed by atoms with Crippen LogP contribution in [0.1, 0.15) is 12.0 Å². The van der Waals surface area contributed by atoms with Crippen molar-refractivity contribution in [2.75, 3.05) is 25.7 Å². The van der Waals surface area contributed by atoms with Crippen molar-refractivity contribution in [2.24, 2.45) is 0 Å². The molecule has 1 unspecified atom stereocenters. The summed E-state index contributed by atoms with van der Waals surface area (Å²) in [5.41, 5.74) is 0.813. The molecular weight excluding hydrogens is 278 g/mol. The van der Waals surface area contributed by atoms with E-state index in [-0.39, 0.29) is 29.9 Å². The van der Waals surface area contributed by atoms with Crippen molar-refractivity contribution in [3.63, 3.8) is 0 Å². The van der Waals surface area contributed by atoms with Crippen molar-refractivity contribution >= 4 is 15.7 Å². The zero-order chi connectivity index (χ0) is 14.8. The number of ether oxygens (including phenoxy) is 1. The third kappa shape index (κ3) is 3.30. The van der Waals surface area contributed by atoms with E-state index in [1.165, 1.54) is 0 Å². The summed E-state index contributed by atoms with van der Waals surface area (Å²) in [4.78, 5) is 13.8. The van der Waals surface area contributed by atoms with E-state index in [9.17, 15) is 13.2 Å². The average molecular weight is 297 g/mol. The molecule has 1 aliphatic rings. The number of hydrogen-bond acceptors (Lipinski definition) is 4. The van der Waals surface area contributed by atoms with Gasteiger partial charge in [-0.15, -0.1) is 0 Å². The molecule has 20 heavy (non-hydrogen) atoms. The fraction of sp³-hybridized carbons (Fsp3) is 0.500. The largest absolute Gasteiger partial charge is 0.496 e. The van der Waals surface area contributed by atoms with Crippen molar-refractivity contribution in [2.45, 2.75) is 18.9 Å².